The van der Waals surface area contributed by atoms with E-state index < -0.39 is 0 Å². The number of rotatable bonds is 5. The summed E-state index contributed by atoms with van der Waals surface area (Å²) in [6.45, 7) is 4.66. The first-order chi connectivity index (χ1) is 13.5. The van der Waals surface area contributed by atoms with Crippen molar-refractivity contribution in [1.29, 1.82) is 0 Å². The molecule has 0 bridgehead atoms. The fraction of sp³-hybridized carbons (Fsp3) is 0.333. The molecule has 1 amide bonds. The Bertz CT molecular complexity index is 1000. The van der Waals surface area contributed by atoms with E-state index >= 15 is 0 Å². The van der Waals surface area contributed by atoms with Crippen molar-refractivity contribution in [3.05, 3.63) is 82.2 Å². The van der Waals surface area contributed by atoms with E-state index in [9.17, 15) is 4.79 Å². The third-order valence-corrected chi connectivity index (χ3v) is 5.78. The number of nitrogens with zero attached hydrogens (tertiary/aromatic N) is 3. The SMILES string of the molecule is Cc1nn(-c2ccccc2)c(C)c1CN(C)C(=O)Cc1ccc2c(c1)CCC2. The Labute approximate surface area is 166 Å². The number of hydrogen-bond acceptors (Lipinski definition) is 2. The second-order valence-corrected chi connectivity index (χ2v) is 7.78. The fourth-order valence-corrected chi connectivity index (χ4v) is 4.09. The van der Waals surface area contributed by atoms with Gasteiger partial charge in [-0.15, -0.1) is 0 Å². The highest BCUT2D eigenvalue weighted by Gasteiger charge is 2.18. The maximum absolute atomic E-state index is 12.8. The minimum Gasteiger partial charge on any atom is -0.341 e. The topological polar surface area (TPSA) is 38.1 Å². The molecule has 0 aliphatic heterocycles. The van der Waals surface area contributed by atoms with E-state index in [0.717, 1.165) is 34.6 Å². The third kappa shape index (κ3) is 3.59. The quantitative estimate of drug-likeness (QED) is 0.673. The summed E-state index contributed by atoms with van der Waals surface area (Å²) in [7, 11) is 1.88. The standard InChI is InChI=1S/C24H27N3O/c1-17-23(18(2)27(25-17)22-10-5-4-6-11-22)16-26(3)24(28)15-19-12-13-20-8-7-9-21(20)14-19/h4-6,10-14H,7-9,15-16H2,1-3H3. The van der Waals surface area contributed by atoms with Gasteiger partial charge in [0.2, 0.25) is 5.91 Å². The van der Waals surface area contributed by atoms with Gasteiger partial charge in [0.25, 0.3) is 0 Å². The zero-order valence-corrected chi connectivity index (χ0v) is 16.9. The number of hydrogen-bond donors (Lipinski definition) is 0. The molecule has 0 N–H and O–H groups in total. The van der Waals surface area contributed by atoms with Crippen LogP contribution < -0.4 is 0 Å². The van der Waals surface area contributed by atoms with E-state index in [1.807, 2.05) is 53.9 Å². The number of para-hydroxylation sites is 1. The van der Waals surface area contributed by atoms with Crippen molar-refractivity contribution in [3.8, 4) is 5.69 Å². The molecule has 1 aromatic heterocycles. The largest absolute Gasteiger partial charge is 0.341 e. The number of amides is 1. The van der Waals surface area contributed by atoms with Gasteiger partial charge in [0.05, 0.1) is 17.8 Å². The van der Waals surface area contributed by atoms with Crippen molar-refractivity contribution in [2.24, 2.45) is 0 Å². The second-order valence-electron chi connectivity index (χ2n) is 7.78. The maximum Gasteiger partial charge on any atom is 0.227 e. The van der Waals surface area contributed by atoms with E-state index in [1.165, 1.54) is 24.0 Å². The molecule has 0 unspecified atom stereocenters. The van der Waals surface area contributed by atoms with Crippen molar-refractivity contribution in [3.63, 3.8) is 0 Å². The van der Waals surface area contributed by atoms with Gasteiger partial charge in [-0.25, -0.2) is 4.68 Å². The van der Waals surface area contributed by atoms with Gasteiger partial charge in [0, 0.05) is 24.8 Å². The molecule has 4 rings (SSSR count). The number of fused-ring (bicyclic) bond motifs is 1. The van der Waals surface area contributed by atoms with Gasteiger partial charge in [0.15, 0.2) is 0 Å². The highest BCUT2D eigenvalue weighted by Crippen LogP contribution is 2.24. The summed E-state index contributed by atoms with van der Waals surface area (Å²) in [5, 5.41) is 4.69. The van der Waals surface area contributed by atoms with Crippen LogP contribution in [0, 0.1) is 13.8 Å². The molecule has 0 atom stereocenters. The molecular formula is C24H27N3O. The second kappa shape index (κ2) is 7.63. The lowest BCUT2D eigenvalue weighted by Crippen LogP contribution is -2.28. The summed E-state index contributed by atoms with van der Waals surface area (Å²) < 4.78 is 1.96. The molecular weight excluding hydrogens is 346 g/mol. The highest BCUT2D eigenvalue weighted by atomic mass is 16.2. The Balaban J connectivity index is 1.48. The number of carbonyl (C=O) groups is 1. The van der Waals surface area contributed by atoms with Crippen molar-refractivity contribution >= 4 is 5.91 Å². The average Bonchev–Trinajstić information content (AvgIpc) is 3.27. The summed E-state index contributed by atoms with van der Waals surface area (Å²) >= 11 is 0. The molecule has 1 aliphatic carbocycles. The van der Waals surface area contributed by atoms with E-state index in [1.54, 1.807) is 0 Å². The van der Waals surface area contributed by atoms with Crippen molar-refractivity contribution < 1.29 is 4.79 Å². The molecule has 28 heavy (non-hydrogen) atoms. The highest BCUT2D eigenvalue weighted by molar-refractivity contribution is 5.78. The Morgan fingerprint density at radius 3 is 2.61 bits per heavy atom. The van der Waals surface area contributed by atoms with E-state index in [2.05, 4.69) is 25.1 Å². The summed E-state index contributed by atoms with van der Waals surface area (Å²) in [5.74, 6) is 0.143. The Morgan fingerprint density at radius 1 is 1.07 bits per heavy atom. The molecule has 0 fully saturated rings. The van der Waals surface area contributed by atoms with Gasteiger partial charge in [-0.3, -0.25) is 4.79 Å². The molecule has 1 aliphatic rings. The number of benzene rings is 2. The van der Waals surface area contributed by atoms with Crippen LogP contribution in [0.2, 0.25) is 0 Å². The van der Waals surface area contributed by atoms with Gasteiger partial charge in [-0.05, 0) is 61.9 Å². The lowest BCUT2D eigenvalue weighted by Gasteiger charge is -2.18. The monoisotopic (exact) mass is 373 g/mol. The lowest BCUT2D eigenvalue weighted by molar-refractivity contribution is -0.129. The minimum atomic E-state index is 0.143. The smallest absolute Gasteiger partial charge is 0.227 e. The summed E-state index contributed by atoms with van der Waals surface area (Å²) in [6.07, 6.45) is 4.00. The van der Waals surface area contributed by atoms with Crippen LogP contribution in [0.4, 0.5) is 0 Å². The third-order valence-electron chi connectivity index (χ3n) is 5.78. The molecule has 1 heterocycles. The molecule has 4 nitrogen and oxygen atoms in total. The van der Waals surface area contributed by atoms with Gasteiger partial charge >= 0.3 is 0 Å². The average molecular weight is 374 g/mol. The molecule has 2 aromatic carbocycles. The Kier molecular flexibility index (Phi) is 5.03. The summed E-state index contributed by atoms with van der Waals surface area (Å²) in [6, 6.07) is 16.6. The number of carbonyl (C=O) groups excluding carboxylic acids is 1. The van der Waals surface area contributed by atoms with Gasteiger partial charge in [0.1, 0.15) is 0 Å². The van der Waals surface area contributed by atoms with Crippen LogP contribution in [-0.2, 0) is 30.6 Å². The summed E-state index contributed by atoms with van der Waals surface area (Å²) in [4.78, 5) is 14.6. The minimum absolute atomic E-state index is 0.143. The summed E-state index contributed by atoms with van der Waals surface area (Å²) in [5.41, 5.74) is 8.20. The van der Waals surface area contributed by atoms with E-state index in [0.29, 0.717) is 13.0 Å². The molecule has 0 saturated carbocycles. The first kappa shape index (κ1) is 18.5. The predicted molar refractivity (Wildman–Crippen MR) is 112 cm³/mol. The zero-order valence-electron chi connectivity index (χ0n) is 16.9. The fourth-order valence-electron chi connectivity index (χ4n) is 4.09. The van der Waals surface area contributed by atoms with Gasteiger partial charge < -0.3 is 4.90 Å². The van der Waals surface area contributed by atoms with Gasteiger partial charge in [-0.1, -0.05) is 36.4 Å². The number of likely N-dealkylation sites (N-methyl/N-ethyl adjacent to an activating group) is 1. The van der Waals surface area contributed by atoms with E-state index in [4.69, 9.17) is 5.10 Å². The number of aryl methyl sites for hydroxylation is 3. The molecule has 3 aromatic rings. The van der Waals surface area contributed by atoms with Crippen LogP contribution in [0.3, 0.4) is 0 Å². The van der Waals surface area contributed by atoms with Crippen molar-refractivity contribution in [1.82, 2.24) is 14.7 Å². The van der Waals surface area contributed by atoms with Crippen LogP contribution in [0.5, 0.6) is 0 Å². The Morgan fingerprint density at radius 2 is 1.82 bits per heavy atom. The molecule has 144 valence electrons. The molecule has 4 heteroatoms. The van der Waals surface area contributed by atoms with Crippen LogP contribution in [-0.4, -0.2) is 27.6 Å². The first-order valence-electron chi connectivity index (χ1n) is 9.98. The van der Waals surface area contributed by atoms with Gasteiger partial charge in [-0.2, -0.15) is 5.10 Å². The maximum atomic E-state index is 12.8. The predicted octanol–water partition coefficient (Wildman–Crippen LogP) is 4.18. The van der Waals surface area contributed by atoms with E-state index in [-0.39, 0.29) is 5.91 Å². The molecule has 0 radical (unpaired) electrons. The van der Waals surface area contributed by atoms with Crippen molar-refractivity contribution in [2.75, 3.05) is 7.05 Å². The molecule has 0 spiro atoms. The normalized spacial score (nSPS) is 12.8. The van der Waals surface area contributed by atoms with Crippen LogP contribution >= 0.6 is 0 Å². The van der Waals surface area contributed by atoms with Crippen molar-refractivity contribution in [2.45, 2.75) is 46.1 Å². The number of aromatic nitrogens is 2. The van der Waals surface area contributed by atoms with Crippen LogP contribution in [0.1, 0.15) is 40.1 Å². The zero-order chi connectivity index (χ0) is 19.7. The molecule has 0 saturated heterocycles. The van der Waals surface area contributed by atoms with Crippen LogP contribution in [0.15, 0.2) is 48.5 Å². The lowest BCUT2D eigenvalue weighted by atomic mass is 10.0. The Hall–Kier alpha value is -2.88. The van der Waals surface area contributed by atoms with Crippen LogP contribution in [0.25, 0.3) is 5.69 Å². The first-order valence-corrected chi connectivity index (χ1v) is 9.98.